The van der Waals surface area contributed by atoms with Crippen LogP contribution >= 0.6 is 0 Å². The number of aromatic nitrogens is 2. The molecule has 0 unspecified atom stereocenters. The summed E-state index contributed by atoms with van der Waals surface area (Å²) in [5, 5.41) is 0. The van der Waals surface area contributed by atoms with Gasteiger partial charge in [-0.15, -0.1) is 0 Å². The van der Waals surface area contributed by atoms with Crippen LogP contribution in [0, 0.1) is 0 Å². The predicted molar refractivity (Wildman–Crippen MR) is 118 cm³/mol. The van der Waals surface area contributed by atoms with E-state index < -0.39 is 0 Å². The third-order valence-corrected chi connectivity index (χ3v) is 5.17. The van der Waals surface area contributed by atoms with Crippen LogP contribution in [0.3, 0.4) is 0 Å². The van der Waals surface area contributed by atoms with Crippen LogP contribution in [0.1, 0.15) is 0 Å². The van der Waals surface area contributed by atoms with Crippen LogP contribution in [0.25, 0.3) is 33.6 Å². The molecule has 29 heavy (non-hydrogen) atoms. The summed E-state index contributed by atoms with van der Waals surface area (Å²) < 4.78 is 4.37. The number of hydrogen-bond acceptors (Lipinski definition) is 0. The van der Waals surface area contributed by atoms with Gasteiger partial charge in [0.15, 0.2) is 0 Å². The molecule has 2 heteroatoms. The van der Waals surface area contributed by atoms with Crippen molar-refractivity contribution in [3.63, 3.8) is 0 Å². The summed E-state index contributed by atoms with van der Waals surface area (Å²) >= 11 is 0. The summed E-state index contributed by atoms with van der Waals surface area (Å²) in [6.45, 7) is 0. The van der Waals surface area contributed by atoms with Crippen molar-refractivity contribution in [2.24, 2.45) is 0 Å². The molecule has 0 amide bonds. The molecule has 138 valence electrons. The van der Waals surface area contributed by atoms with Crippen LogP contribution in [-0.4, -0.2) is 4.57 Å². The van der Waals surface area contributed by atoms with Gasteiger partial charge in [-0.25, -0.2) is 9.13 Å². The number of imidazole rings is 1. The monoisotopic (exact) mass is 373 g/mol. The van der Waals surface area contributed by atoms with Gasteiger partial charge >= 0.3 is 0 Å². The van der Waals surface area contributed by atoms with Crippen LogP contribution in [0.4, 0.5) is 0 Å². The molecule has 1 heterocycles. The van der Waals surface area contributed by atoms with Gasteiger partial charge in [0.05, 0.1) is 0 Å². The van der Waals surface area contributed by atoms with E-state index in [9.17, 15) is 0 Å². The summed E-state index contributed by atoms with van der Waals surface area (Å²) in [6, 6.07) is 38.1. The fourth-order valence-corrected chi connectivity index (χ4v) is 3.76. The van der Waals surface area contributed by atoms with Crippen molar-refractivity contribution in [3.8, 4) is 33.6 Å². The Bertz CT molecular complexity index is 1140. The highest BCUT2D eigenvalue weighted by Crippen LogP contribution is 2.27. The molecule has 0 aliphatic carbocycles. The molecule has 0 aliphatic heterocycles. The van der Waals surface area contributed by atoms with Crippen molar-refractivity contribution in [2.45, 2.75) is 0 Å². The van der Waals surface area contributed by atoms with E-state index in [0.717, 1.165) is 11.4 Å². The Morgan fingerprint density at radius 2 is 1.07 bits per heavy atom. The van der Waals surface area contributed by atoms with Gasteiger partial charge in [-0.05, 0) is 23.3 Å². The number of para-hydroxylation sites is 2. The highest BCUT2D eigenvalue weighted by atomic mass is 15.1. The maximum absolute atomic E-state index is 2.18. The van der Waals surface area contributed by atoms with Crippen molar-refractivity contribution < 1.29 is 4.57 Å². The minimum atomic E-state index is 1.16. The topological polar surface area (TPSA) is 8.81 Å². The Morgan fingerprint density at radius 1 is 0.517 bits per heavy atom. The van der Waals surface area contributed by atoms with Crippen LogP contribution in [-0.2, 0) is 0 Å². The molecule has 0 aliphatic rings. The van der Waals surface area contributed by atoms with Crippen LogP contribution < -0.4 is 4.57 Å². The quantitative estimate of drug-likeness (QED) is 0.337. The second-order valence-corrected chi connectivity index (χ2v) is 6.99. The highest BCUT2D eigenvalue weighted by Gasteiger charge is 2.16. The van der Waals surface area contributed by atoms with E-state index in [1.54, 1.807) is 0 Å². The minimum Gasteiger partial charge on any atom is -0.201 e. The molecule has 0 saturated carbocycles. The zero-order valence-corrected chi connectivity index (χ0v) is 16.0. The molecule has 0 N–H and O–H groups in total. The molecule has 0 radical (unpaired) electrons. The van der Waals surface area contributed by atoms with Gasteiger partial charge in [0, 0.05) is 11.1 Å². The maximum atomic E-state index is 2.18. The van der Waals surface area contributed by atoms with Crippen molar-refractivity contribution in [2.75, 3.05) is 0 Å². The number of hydrogen-bond donors (Lipinski definition) is 0. The molecule has 0 fully saturated rings. The van der Waals surface area contributed by atoms with Gasteiger partial charge < -0.3 is 0 Å². The molecule has 0 bridgehead atoms. The fourth-order valence-electron chi connectivity index (χ4n) is 3.76. The zero-order chi connectivity index (χ0) is 19.5. The maximum Gasteiger partial charge on any atom is 0.254 e. The van der Waals surface area contributed by atoms with Gasteiger partial charge in [0.2, 0.25) is 0 Å². The van der Waals surface area contributed by atoms with Crippen molar-refractivity contribution in [1.29, 1.82) is 0 Å². The normalized spacial score (nSPS) is 10.8. The van der Waals surface area contributed by atoms with E-state index in [1.165, 1.54) is 22.3 Å². The summed E-state index contributed by atoms with van der Waals surface area (Å²) in [5.41, 5.74) is 7.18. The average molecular weight is 373 g/mol. The Morgan fingerprint density at radius 3 is 1.79 bits per heavy atom. The van der Waals surface area contributed by atoms with Gasteiger partial charge in [0.25, 0.3) is 6.33 Å². The molecule has 1 aromatic heterocycles. The molecule has 5 rings (SSSR count). The van der Waals surface area contributed by atoms with Gasteiger partial charge in [-0.1, -0.05) is 97.1 Å². The Kier molecular flexibility index (Phi) is 4.51. The lowest BCUT2D eigenvalue weighted by Crippen LogP contribution is -2.28. The van der Waals surface area contributed by atoms with E-state index in [1.807, 2.05) is 0 Å². The van der Waals surface area contributed by atoms with E-state index >= 15 is 0 Å². The van der Waals surface area contributed by atoms with Gasteiger partial charge in [-0.3, -0.25) is 0 Å². The lowest BCUT2D eigenvalue weighted by Gasteiger charge is -2.07. The Hall–Kier alpha value is -3.91. The molecule has 0 spiro atoms. The lowest BCUT2D eigenvalue weighted by molar-refractivity contribution is -0.594. The molecule has 4 aromatic carbocycles. The average Bonchev–Trinajstić information content (AvgIpc) is 3.30. The first-order valence-electron chi connectivity index (χ1n) is 9.79. The summed E-state index contributed by atoms with van der Waals surface area (Å²) in [5.74, 6) is 0. The fraction of sp³-hybridized carbons (Fsp3) is 0. The minimum absolute atomic E-state index is 1.16. The van der Waals surface area contributed by atoms with Gasteiger partial charge in [0.1, 0.15) is 23.8 Å². The molecular formula is C27H21N2+. The number of benzene rings is 4. The SMILES string of the molecule is c1ccc(-c2ccccc2-n2cc[n+](-c3ccccc3-c3ccccc3)c2)cc1. The van der Waals surface area contributed by atoms with Crippen LogP contribution in [0.15, 0.2) is 128 Å². The molecular weight excluding hydrogens is 352 g/mol. The van der Waals surface area contributed by atoms with Crippen LogP contribution in [0.5, 0.6) is 0 Å². The van der Waals surface area contributed by atoms with E-state index in [2.05, 4.69) is 137 Å². The molecule has 5 aromatic rings. The lowest BCUT2D eigenvalue weighted by atomic mass is 10.0. The van der Waals surface area contributed by atoms with Crippen LogP contribution in [0.2, 0.25) is 0 Å². The standard InChI is InChI=1S/C27H21N2/c1-3-11-22(12-4-1)24-15-7-9-17-26(24)28-19-20-29(21-28)27-18-10-8-16-25(27)23-13-5-2-6-14-23/h1-21H/q+1. The third kappa shape index (κ3) is 3.37. The van der Waals surface area contributed by atoms with Gasteiger partial charge in [-0.2, -0.15) is 0 Å². The first-order valence-corrected chi connectivity index (χ1v) is 9.79. The largest absolute Gasteiger partial charge is 0.254 e. The summed E-state index contributed by atoms with van der Waals surface area (Å²) in [6.07, 6.45) is 6.37. The first kappa shape index (κ1) is 17.2. The third-order valence-electron chi connectivity index (χ3n) is 5.17. The zero-order valence-electron chi connectivity index (χ0n) is 16.0. The second kappa shape index (κ2) is 7.61. The Balaban J connectivity index is 1.60. The predicted octanol–water partition coefficient (Wildman–Crippen LogP) is 6.09. The van der Waals surface area contributed by atoms with Crippen molar-refractivity contribution in [1.82, 2.24) is 4.57 Å². The number of nitrogens with zero attached hydrogens (tertiary/aromatic N) is 2. The summed E-state index contributed by atoms with van der Waals surface area (Å²) in [7, 11) is 0. The molecule has 0 saturated heterocycles. The number of rotatable bonds is 4. The first-order chi connectivity index (χ1) is 14.4. The highest BCUT2D eigenvalue weighted by molar-refractivity contribution is 5.73. The summed E-state index contributed by atoms with van der Waals surface area (Å²) in [4.78, 5) is 0. The van der Waals surface area contributed by atoms with Crippen molar-refractivity contribution >= 4 is 0 Å². The smallest absolute Gasteiger partial charge is 0.201 e. The van der Waals surface area contributed by atoms with E-state index in [4.69, 9.17) is 0 Å². The molecule has 2 nitrogen and oxygen atoms in total. The van der Waals surface area contributed by atoms with Crippen molar-refractivity contribution in [3.05, 3.63) is 128 Å². The van der Waals surface area contributed by atoms with E-state index in [-0.39, 0.29) is 0 Å². The van der Waals surface area contributed by atoms with E-state index in [0.29, 0.717) is 0 Å². The Labute approximate surface area is 171 Å². The molecule has 0 atom stereocenters. The second-order valence-electron chi connectivity index (χ2n) is 6.99.